The van der Waals surface area contributed by atoms with E-state index in [0.717, 1.165) is 31.5 Å². The largest absolute Gasteiger partial charge is 0.377 e. The van der Waals surface area contributed by atoms with Crippen LogP contribution in [0.5, 0.6) is 0 Å². The van der Waals surface area contributed by atoms with Crippen molar-refractivity contribution in [1.29, 1.82) is 0 Å². The van der Waals surface area contributed by atoms with Crippen molar-refractivity contribution in [2.75, 3.05) is 13.1 Å². The van der Waals surface area contributed by atoms with E-state index in [9.17, 15) is 0 Å². The molecule has 0 spiro atoms. The zero-order chi connectivity index (χ0) is 11.8. The molecule has 0 atom stereocenters. The fourth-order valence-corrected chi connectivity index (χ4v) is 1.52. The lowest BCUT2D eigenvalue weighted by molar-refractivity contribution is 0.378. The lowest BCUT2D eigenvalue weighted by Crippen LogP contribution is -2.18. The van der Waals surface area contributed by atoms with Gasteiger partial charge in [0, 0.05) is 13.1 Å². The second-order valence-corrected chi connectivity index (χ2v) is 3.68. The predicted octanol–water partition coefficient (Wildman–Crippen LogP) is 3.78. The average molecular weight is 204 g/mol. The Bertz CT molecular complexity index is 313. The molecule has 0 saturated heterocycles. The number of benzene rings is 1. The fourth-order valence-electron chi connectivity index (χ4n) is 1.52. The first-order chi connectivity index (χ1) is 7.77. The van der Waals surface area contributed by atoms with Crippen molar-refractivity contribution >= 4 is 6.05 Å². The lowest BCUT2D eigenvalue weighted by atomic mass is 10.2. The van der Waals surface area contributed by atoms with E-state index in [-0.39, 0.29) is 0 Å². The second kappa shape index (κ2) is 7.10. The van der Waals surface area contributed by atoms with E-state index in [1.807, 2.05) is 36.5 Å². The van der Waals surface area contributed by atoms with Crippen LogP contribution < -0.4 is 0 Å². The van der Waals surface area contributed by atoms with Gasteiger partial charge >= 0.3 is 0 Å². The van der Waals surface area contributed by atoms with Crippen LogP contribution in [0.3, 0.4) is 0 Å². The monoisotopic (exact) mass is 204 g/mol. The lowest BCUT2D eigenvalue weighted by Gasteiger charge is -2.18. The summed E-state index contributed by atoms with van der Waals surface area (Å²) in [7, 11) is 0. The SMILES string of the molecule is [2H]/C(=C\N(CCC)CCC)c1ccccc1. The Kier molecular flexibility index (Phi) is 4.87. The third-order valence-electron chi connectivity index (χ3n) is 2.21. The van der Waals surface area contributed by atoms with Gasteiger partial charge in [0.25, 0.3) is 0 Å². The van der Waals surface area contributed by atoms with Gasteiger partial charge in [-0.2, -0.15) is 0 Å². The fraction of sp³-hybridized carbons (Fsp3) is 0.429. The van der Waals surface area contributed by atoms with E-state index < -0.39 is 0 Å². The molecule has 1 aromatic rings. The number of hydrogen-bond donors (Lipinski definition) is 0. The van der Waals surface area contributed by atoms with Crippen molar-refractivity contribution < 1.29 is 1.37 Å². The molecule has 15 heavy (non-hydrogen) atoms. The molecule has 0 heterocycles. The van der Waals surface area contributed by atoms with Crippen LogP contribution in [0.2, 0.25) is 0 Å². The average Bonchev–Trinajstić information content (AvgIpc) is 2.31. The van der Waals surface area contributed by atoms with Crippen LogP contribution in [0.15, 0.2) is 36.5 Å². The van der Waals surface area contributed by atoms with Gasteiger partial charge in [-0.3, -0.25) is 0 Å². The van der Waals surface area contributed by atoms with Crippen molar-refractivity contribution in [3.05, 3.63) is 42.1 Å². The van der Waals surface area contributed by atoms with Gasteiger partial charge in [-0.25, -0.2) is 0 Å². The highest BCUT2D eigenvalue weighted by Gasteiger charge is 1.94. The van der Waals surface area contributed by atoms with Gasteiger partial charge in [0.05, 0.1) is 1.37 Å². The molecule has 0 N–H and O–H groups in total. The first-order valence-corrected chi connectivity index (χ1v) is 5.75. The van der Waals surface area contributed by atoms with Gasteiger partial charge in [-0.05, 0) is 30.7 Å². The molecule has 1 heteroatoms. The summed E-state index contributed by atoms with van der Waals surface area (Å²) < 4.78 is 8.02. The van der Waals surface area contributed by atoms with E-state index in [0.29, 0.717) is 6.05 Å². The Morgan fingerprint density at radius 1 is 1.13 bits per heavy atom. The summed E-state index contributed by atoms with van der Waals surface area (Å²) in [5.41, 5.74) is 0.986. The molecule has 1 aromatic carbocycles. The molecule has 1 rings (SSSR count). The summed E-state index contributed by atoms with van der Waals surface area (Å²) in [6.45, 7) is 6.40. The third-order valence-corrected chi connectivity index (χ3v) is 2.21. The van der Waals surface area contributed by atoms with Gasteiger partial charge < -0.3 is 4.90 Å². The maximum atomic E-state index is 8.02. The van der Waals surface area contributed by atoms with Crippen molar-refractivity contribution in [3.63, 3.8) is 0 Å². The molecule has 0 aliphatic rings. The van der Waals surface area contributed by atoms with Crippen LogP contribution in [-0.2, 0) is 0 Å². The summed E-state index contributed by atoms with van der Waals surface area (Å²) in [4.78, 5) is 2.23. The van der Waals surface area contributed by atoms with Crippen LogP contribution in [0, 0.1) is 0 Å². The molecule has 0 aliphatic carbocycles. The predicted molar refractivity (Wildman–Crippen MR) is 67.6 cm³/mol. The van der Waals surface area contributed by atoms with Crippen LogP contribution in [0.4, 0.5) is 0 Å². The molecule has 0 saturated carbocycles. The summed E-state index contributed by atoms with van der Waals surface area (Å²) in [5, 5.41) is 0. The van der Waals surface area contributed by atoms with Gasteiger partial charge in [0.2, 0.25) is 0 Å². The molecule has 0 aromatic heterocycles. The number of rotatable bonds is 6. The molecule has 1 nitrogen and oxygen atoms in total. The topological polar surface area (TPSA) is 3.24 Å². The molecular weight excluding hydrogens is 182 g/mol. The second-order valence-electron chi connectivity index (χ2n) is 3.68. The van der Waals surface area contributed by atoms with E-state index in [4.69, 9.17) is 1.37 Å². The van der Waals surface area contributed by atoms with Crippen LogP contribution in [0.1, 0.15) is 33.6 Å². The Morgan fingerprint density at radius 3 is 2.27 bits per heavy atom. The Morgan fingerprint density at radius 2 is 1.73 bits per heavy atom. The molecule has 0 radical (unpaired) electrons. The van der Waals surface area contributed by atoms with Crippen LogP contribution in [0.25, 0.3) is 6.05 Å². The highest BCUT2D eigenvalue weighted by molar-refractivity contribution is 5.48. The van der Waals surface area contributed by atoms with Gasteiger partial charge in [-0.1, -0.05) is 44.2 Å². The zero-order valence-electron chi connectivity index (χ0n) is 10.7. The van der Waals surface area contributed by atoms with Crippen LogP contribution >= 0.6 is 0 Å². The highest BCUT2D eigenvalue weighted by Crippen LogP contribution is 2.03. The third kappa shape index (κ3) is 4.68. The maximum Gasteiger partial charge on any atom is 0.0644 e. The highest BCUT2D eigenvalue weighted by atomic mass is 15.1. The minimum absolute atomic E-state index is 0.600. The standard InChI is InChI=1S/C14H21N/c1-3-11-15(12-4-2)13-10-14-8-6-5-7-9-14/h5-10,13H,3-4,11-12H2,1-2H3/b13-10+/i10D. The summed E-state index contributed by atoms with van der Waals surface area (Å²) >= 11 is 0. The summed E-state index contributed by atoms with van der Waals surface area (Å²) in [5.74, 6) is 0. The minimum atomic E-state index is 0.600. The Labute approximate surface area is 94.8 Å². The quantitative estimate of drug-likeness (QED) is 0.681. The van der Waals surface area contributed by atoms with Crippen molar-refractivity contribution in [3.8, 4) is 0 Å². The summed E-state index contributed by atoms with van der Waals surface area (Å²) in [6, 6.07) is 10.5. The molecule has 0 fully saturated rings. The smallest absolute Gasteiger partial charge is 0.0644 e. The minimum Gasteiger partial charge on any atom is -0.377 e. The number of nitrogens with zero attached hydrogens (tertiary/aromatic N) is 1. The molecule has 0 bridgehead atoms. The van der Waals surface area contributed by atoms with E-state index in [2.05, 4.69) is 18.7 Å². The van der Waals surface area contributed by atoms with E-state index >= 15 is 0 Å². The molecule has 0 unspecified atom stereocenters. The van der Waals surface area contributed by atoms with Crippen LogP contribution in [-0.4, -0.2) is 18.0 Å². The first-order valence-electron chi connectivity index (χ1n) is 6.25. The van der Waals surface area contributed by atoms with Crippen molar-refractivity contribution in [2.45, 2.75) is 26.7 Å². The Hall–Kier alpha value is -1.24. The first kappa shape index (κ1) is 10.3. The van der Waals surface area contributed by atoms with Gasteiger partial charge in [0.1, 0.15) is 0 Å². The van der Waals surface area contributed by atoms with Crippen molar-refractivity contribution in [2.24, 2.45) is 0 Å². The van der Waals surface area contributed by atoms with E-state index in [1.54, 1.807) is 0 Å². The van der Waals surface area contributed by atoms with E-state index in [1.165, 1.54) is 0 Å². The van der Waals surface area contributed by atoms with Gasteiger partial charge in [0.15, 0.2) is 0 Å². The maximum absolute atomic E-state index is 8.02. The number of hydrogen-bond acceptors (Lipinski definition) is 1. The zero-order valence-corrected chi connectivity index (χ0v) is 9.74. The normalized spacial score (nSPS) is 12.4. The Balaban J connectivity index is 2.72. The molecule has 0 amide bonds. The van der Waals surface area contributed by atoms with Gasteiger partial charge in [-0.15, -0.1) is 0 Å². The molecule has 0 aliphatic heterocycles. The summed E-state index contributed by atoms with van der Waals surface area (Å²) in [6.07, 6.45) is 4.21. The molecule has 82 valence electrons. The molecular formula is C14H21N. The van der Waals surface area contributed by atoms with Crippen molar-refractivity contribution in [1.82, 2.24) is 4.90 Å².